The monoisotopic (exact) mass is 323 g/mol. The summed E-state index contributed by atoms with van der Waals surface area (Å²) < 4.78 is 10.1. The topological polar surface area (TPSA) is 55.8 Å². The molecule has 1 saturated heterocycles. The lowest BCUT2D eigenvalue weighted by Crippen LogP contribution is -2.48. The standard InChI is InChI=1S/C16H21NO4S/c1-11(18)22-14-8-9-17(15(10-14)16(19)21-3)12-4-6-13(20-2)7-5-12/h4-7,14-15H,8-10H2,1-3H3. The van der Waals surface area contributed by atoms with Crippen molar-refractivity contribution < 1.29 is 19.1 Å². The van der Waals surface area contributed by atoms with E-state index in [2.05, 4.69) is 0 Å². The summed E-state index contributed by atoms with van der Waals surface area (Å²) in [6.45, 7) is 2.28. The van der Waals surface area contributed by atoms with Crippen molar-refractivity contribution in [2.45, 2.75) is 31.1 Å². The highest BCUT2D eigenvalue weighted by molar-refractivity contribution is 8.14. The molecule has 120 valence electrons. The van der Waals surface area contributed by atoms with Crippen molar-refractivity contribution in [1.29, 1.82) is 0 Å². The van der Waals surface area contributed by atoms with Gasteiger partial charge >= 0.3 is 5.97 Å². The highest BCUT2D eigenvalue weighted by atomic mass is 32.2. The maximum Gasteiger partial charge on any atom is 0.328 e. The zero-order valence-electron chi connectivity index (χ0n) is 13.1. The fourth-order valence-electron chi connectivity index (χ4n) is 2.72. The van der Waals surface area contributed by atoms with E-state index in [9.17, 15) is 9.59 Å². The van der Waals surface area contributed by atoms with Crippen LogP contribution >= 0.6 is 11.8 Å². The van der Waals surface area contributed by atoms with Gasteiger partial charge in [-0.3, -0.25) is 4.79 Å². The van der Waals surface area contributed by atoms with Crippen LogP contribution in [0.25, 0.3) is 0 Å². The van der Waals surface area contributed by atoms with Crippen LogP contribution in [0.5, 0.6) is 5.75 Å². The Morgan fingerprint density at radius 2 is 1.91 bits per heavy atom. The predicted octanol–water partition coefficient (Wildman–Crippen LogP) is 2.49. The predicted molar refractivity (Wildman–Crippen MR) is 87.4 cm³/mol. The van der Waals surface area contributed by atoms with Gasteiger partial charge in [0.05, 0.1) is 14.2 Å². The molecular formula is C16H21NO4S. The number of esters is 1. The van der Waals surface area contributed by atoms with Gasteiger partial charge in [-0.25, -0.2) is 4.79 Å². The number of benzene rings is 1. The Labute approximate surface area is 135 Å². The van der Waals surface area contributed by atoms with Crippen molar-refractivity contribution in [1.82, 2.24) is 0 Å². The average molecular weight is 323 g/mol. The van der Waals surface area contributed by atoms with Crippen molar-refractivity contribution >= 4 is 28.5 Å². The largest absolute Gasteiger partial charge is 0.497 e. The van der Waals surface area contributed by atoms with Crippen molar-refractivity contribution in [3.63, 3.8) is 0 Å². The van der Waals surface area contributed by atoms with Gasteiger partial charge in [0, 0.05) is 24.4 Å². The first-order valence-corrected chi connectivity index (χ1v) is 8.09. The molecule has 2 rings (SSSR count). The molecular weight excluding hydrogens is 302 g/mol. The Morgan fingerprint density at radius 3 is 2.45 bits per heavy atom. The van der Waals surface area contributed by atoms with Crippen molar-refractivity contribution in [2.75, 3.05) is 25.7 Å². The zero-order valence-corrected chi connectivity index (χ0v) is 13.9. The number of carbonyl (C=O) groups is 2. The Hall–Kier alpha value is -1.69. The van der Waals surface area contributed by atoms with Gasteiger partial charge in [0.25, 0.3) is 0 Å². The molecule has 0 bridgehead atoms. The quantitative estimate of drug-likeness (QED) is 0.794. The van der Waals surface area contributed by atoms with Gasteiger partial charge in [0.2, 0.25) is 0 Å². The van der Waals surface area contributed by atoms with Crippen LogP contribution in [0.4, 0.5) is 5.69 Å². The van der Waals surface area contributed by atoms with E-state index in [1.807, 2.05) is 29.2 Å². The van der Waals surface area contributed by atoms with Crippen LogP contribution in [0.15, 0.2) is 24.3 Å². The van der Waals surface area contributed by atoms with Crippen LogP contribution in [0.2, 0.25) is 0 Å². The minimum absolute atomic E-state index is 0.0894. The third-order valence-electron chi connectivity index (χ3n) is 3.76. The molecule has 6 heteroatoms. The molecule has 0 saturated carbocycles. The van der Waals surface area contributed by atoms with Crippen LogP contribution in [-0.2, 0) is 14.3 Å². The molecule has 0 radical (unpaired) electrons. The first-order valence-electron chi connectivity index (χ1n) is 7.21. The zero-order chi connectivity index (χ0) is 16.1. The van der Waals surface area contributed by atoms with E-state index in [1.54, 1.807) is 14.0 Å². The molecule has 1 heterocycles. The van der Waals surface area contributed by atoms with E-state index in [0.29, 0.717) is 6.42 Å². The Balaban J connectivity index is 2.17. The van der Waals surface area contributed by atoms with Crippen LogP contribution in [0.3, 0.4) is 0 Å². The van der Waals surface area contributed by atoms with Crippen LogP contribution < -0.4 is 9.64 Å². The summed E-state index contributed by atoms with van der Waals surface area (Å²) in [5, 5.41) is 0.252. The lowest BCUT2D eigenvalue weighted by molar-refractivity contribution is -0.142. The fraction of sp³-hybridized carbons (Fsp3) is 0.500. The van der Waals surface area contributed by atoms with Gasteiger partial charge in [-0.1, -0.05) is 11.8 Å². The van der Waals surface area contributed by atoms with E-state index in [4.69, 9.17) is 9.47 Å². The summed E-state index contributed by atoms with van der Waals surface area (Å²) in [6, 6.07) is 7.27. The second-order valence-electron chi connectivity index (χ2n) is 5.19. The number of nitrogens with zero attached hydrogens (tertiary/aromatic N) is 1. The number of piperidine rings is 1. The van der Waals surface area contributed by atoms with Gasteiger partial charge in [-0.15, -0.1) is 0 Å². The molecule has 0 N–H and O–H groups in total. The second-order valence-corrected chi connectivity index (χ2v) is 6.66. The smallest absolute Gasteiger partial charge is 0.328 e. The summed E-state index contributed by atoms with van der Waals surface area (Å²) in [6.07, 6.45) is 1.48. The first-order chi connectivity index (χ1) is 10.5. The normalized spacial score (nSPS) is 21.3. The van der Waals surface area contributed by atoms with E-state index in [1.165, 1.54) is 18.9 Å². The third-order valence-corrected chi connectivity index (χ3v) is 4.86. The number of carbonyl (C=O) groups excluding carboxylic acids is 2. The Kier molecular flexibility index (Phi) is 5.71. The maximum atomic E-state index is 12.1. The summed E-state index contributed by atoms with van der Waals surface area (Å²) in [5.74, 6) is 0.519. The van der Waals surface area contributed by atoms with Crippen molar-refractivity contribution in [3.05, 3.63) is 24.3 Å². The number of anilines is 1. The third kappa shape index (κ3) is 3.94. The van der Waals surface area contributed by atoms with Gasteiger partial charge < -0.3 is 14.4 Å². The molecule has 0 spiro atoms. The summed E-state index contributed by atoms with van der Waals surface area (Å²) in [4.78, 5) is 25.5. The number of methoxy groups -OCH3 is 2. The first kappa shape index (κ1) is 16.7. The second kappa shape index (κ2) is 7.54. The number of rotatable bonds is 4. The minimum atomic E-state index is -0.357. The molecule has 0 amide bonds. The molecule has 1 fully saturated rings. The highest BCUT2D eigenvalue weighted by Gasteiger charge is 2.35. The Morgan fingerprint density at radius 1 is 1.23 bits per heavy atom. The number of thioether (sulfide) groups is 1. The Bertz CT molecular complexity index is 531. The van der Waals surface area contributed by atoms with Gasteiger partial charge in [0.15, 0.2) is 5.12 Å². The van der Waals surface area contributed by atoms with E-state index < -0.39 is 0 Å². The summed E-state index contributed by atoms with van der Waals surface area (Å²) in [7, 11) is 3.02. The molecule has 0 aromatic heterocycles. The summed E-state index contributed by atoms with van der Waals surface area (Å²) >= 11 is 1.32. The van der Waals surface area contributed by atoms with Crippen LogP contribution in [0.1, 0.15) is 19.8 Å². The van der Waals surface area contributed by atoms with E-state index in [0.717, 1.165) is 24.4 Å². The fourth-order valence-corrected chi connectivity index (χ4v) is 3.69. The van der Waals surface area contributed by atoms with E-state index in [-0.39, 0.29) is 22.4 Å². The average Bonchev–Trinajstić information content (AvgIpc) is 2.53. The maximum absolute atomic E-state index is 12.1. The SMILES string of the molecule is COC(=O)C1CC(SC(C)=O)CCN1c1ccc(OC)cc1. The highest BCUT2D eigenvalue weighted by Crippen LogP contribution is 2.32. The van der Waals surface area contributed by atoms with Crippen molar-refractivity contribution in [3.8, 4) is 5.75 Å². The molecule has 0 aliphatic carbocycles. The number of hydrogen-bond donors (Lipinski definition) is 0. The van der Waals surface area contributed by atoms with Crippen LogP contribution in [0, 0.1) is 0 Å². The molecule has 1 aromatic carbocycles. The van der Waals surface area contributed by atoms with Gasteiger partial charge in [0.1, 0.15) is 11.8 Å². The molecule has 1 aliphatic rings. The number of hydrogen-bond acceptors (Lipinski definition) is 6. The molecule has 1 aliphatic heterocycles. The number of ether oxygens (including phenoxy) is 2. The lowest BCUT2D eigenvalue weighted by Gasteiger charge is -2.38. The molecule has 2 unspecified atom stereocenters. The van der Waals surface area contributed by atoms with Crippen LogP contribution in [-0.4, -0.2) is 43.1 Å². The van der Waals surface area contributed by atoms with Gasteiger partial charge in [-0.05, 0) is 37.1 Å². The molecule has 1 aromatic rings. The molecule has 2 atom stereocenters. The van der Waals surface area contributed by atoms with E-state index >= 15 is 0 Å². The van der Waals surface area contributed by atoms with Crippen molar-refractivity contribution in [2.24, 2.45) is 0 Å². The molecule has 5 nitrogen and oxygen atoms in total. The lowest BCUT2D eigenvalue weighted by atomic mass is 10.0. The summed E-state index contributed by atoms with van der Waals surface area (Å²) in [5.41, 5.74) is 0.961. The van der Waals surface area contributed by atoms with Gasteiger partial charge in [-0.2, -0.15) is 0 Å². The molecule has 22 heavy (non-hydrogen) atoms. The minimum Gasteiger partial charge on any atom is -0.497 e.